The van der Waals surface area contributed by atoms with E-state index in [2.05, 4.69) is 10.1 Å². The number of hydrogen-bond acceptors (Lipinski definition) is 5. The Hall–Kier alpha value is -1.30. The molecule has 1 aliphatic carbocycles. The third kappa shape index (κ3) is 3.09. The van der Waals surface area contributed by atoms with Crippen molar-refractivity contribution in [3.8, 4) is 0 Å². The van der Waals surface area contributed by atoms with Crippen molar-refractivity contribution < 1.29 is 24.2 Å². The predicted molar refractivity (Wildman–Crippen MR) is 59.3 cm³/mol. The molecule has 0 aromatic carbocycles. The number of carbonyl (C=O) groups is 2. The Kier molecular flexibility index (Phi) is 3.66. The predicted octanol–water partition coefficient (Wildman–Crippen LogP) is 0.435. The standard InChI is InChI=1S/C11H19NO5/c1-10(2,3)17-9(15)12-11(8(14)16-4)5-7(11)6-13/h7,13H,5-6H2,1-4H3,(H,12,15)/t7-,11-/m0/s1. The van der Waals surface area contributed by atoms with Crippen LogP contribution in [0.4, 0.5) is 4.79 Å². The van der Waals surface area contributed by atoms with Crippen LogP contribution >= 0.6 is 0 Å². The summed E-state index contributed by atoms with van der Waals surface area (Å²) in [5.41, 5.74) is -1.75. The van der Waals surface area contributed by atoms with E-state index in [0.717, 1.165) is 0 Å². The molecule has 1 aliphatic rings. The topological polar surface area (TPSA) is 84.9 Å². The highest BCUT2D eigenvalue weighted by Gasteiger charge is 2.62. The van der Waals surface area contributed by atoms with Crippen molar-refractivity contribution in [1.82, 2.24) is 5.32 Å². The molecule has 0 radical (unpaired) electrons. The lowest BCUT2D eigenvalue weighted by Crippen LogP contribution is -2.47. The van der Waals surface area contributed by atoms with Gasteiger partial charge < -0.3 is 19.9 Å². The van der Waals surface area contributed by atoms with Crippen LogP contribution in [0.3, 0.4) is 0 Å². The second-order valence-electron chi connectivity index (χ2n) is 5.17. The van der Waals surface area contributed by atoms with Crippen LogP contribution in [0.2, 0.25) is 0 Å². The normalized spacial score (nSPS) is 27.2. The maximum absolute atomic E-state index is 11.6. The molecule has 1 saturated carbocycles. The van der Waals surface area contributed by atoms with Crippen LogP contribution in [-0.4, -0.2) is 42.0 Å². The van der Waals surface area contributed by atoms with Gasteiger partial charge in [0.05, 0.1) is 7.11 Å². The van der Waals surface area contributed by atoms with Crippen LogP contribution in [0.25, 0.3) is 0 Å². The molecule has 0 saturated heterocycles. The van der Waals surface area contributed by atoms with Crippen LogP contribution in [0.1, 0.15) is 27.2 Å². The Morgan fingerprint density at radius 2 is 2.06 bits per heavy atom. The molecule has 0 unspecified atom stereocenters. The molecule has 17 heavy (non-hydrogen) atoms. The zero-order valence-electron chi connectivity index (χ0n) is 10.6. The highest BCUT2D eigenvalue weighted by molar-refractivity contribution is 5.89. The fourth-order valence-corrected chi connectivity index (χ4v) is 1.67. The molecule has 0 aromatic rings. The Balaban J connectivity index is 2.64. The second-order valence-corrected chi connectivity index (χ2v) is 5.17. The maximum atomic E-state index is 11.6. The van der Waals surface area contributed by atoms with E-state index in [1.165, 1.54) is 7.11 Å². The summed E-state index contributed by atoms with van der Waals surface area (Å²) < 4.78 is 9.68. The first-order valence-electron chi connectivity index (χ1n) is 5.45. The van der Waals surface area contributed by atoms with Crippen molar-refractivity contribution in [2.75, 3.05) is 13.7 Å². The molecule has 0 aliphatic heterocycles. The van der Waals surface area contributed by atoms with Crippen LogP contribution in [0, 0.1) is 5.92 Å². The molecular formula is C11H19NO5. The summed E-state index contributed by atoms with van der Waals surface area (Å²) in [5, 5.41) is 11.5. The van der Waals surface area contributed by atoms with Crippen LogP contribution in [-0.2, 0) is 14.3 Å². The van der Waals surface area contributed by atoms with Crippen molar-refractivity contribution in [1.29, 1.82) is 0 Å². The molecule has 0 spiro atoms. The molecule has 2 atom stereocenters. The fraction of sp³-hybridized carbons (Fsp3) is 0.818. The number of hydrogen-bond donors (Lipinski definition) is 2. The average molecular weight is 245 g/mol. The summed E-state index contributed by atoms with van der Waals surface area (Å²) in [6, 6.07) is 0. The quantitative estimate of drug-likeness (QED) is 0.704. The summed E-state index contributed by atoms with van der Waals surface area (Å²) in [6.07, 6.45) is -0.311. The van der Waals surface area contributed by atoms with Gasteiger partial charge in [0.1, 0.15) is 11.1 Å². The van der Waals surface area contributed by atoms with E-state index < -0.39 is 23.2 Å². The first kappa shape index (κ1) is 13.8. The molecule has 6 heteroatoms. The first-order chi connectivity index (χ1) is 7.75. The van der Waals surface area contributed by atoms with E-state index in [-0.39, 0.29) is 12.5 Å². The van der Waals surface area contributed by atoms with Gasteiger partial charge in [0.2, 0.25) is 0 Å². The smallest absolute Gasteiger partial charge is 0.408 e. The third-order valence-corrected chi connectivity index (χ3v) is 2.60. The molecule has 98 valence electrons. The van der Waals surface area contributed by atoms with Gasteiger partial charge in [-0.3, -0.25) is 0 Å². The number of aliphatic hydroxyl groups excluding tert-OH is 1. The van der Waals surface area contributed by atoms with E-state index >= 15 is 0 Å². The van der Waals surface area contributed by atoms with Gasteiger partial charge in [-0.25, -0.2) is 9.59 Å². The average Bonchev–Trinajstić information content (AvgIpc) is 2.88. The fourth-order valence-electron chi connectivity index (χ4n) is 1.67. The number of esters is 1. The maximum Gasteiger partial charge on any atom is 0.408 e. The molecule has 0 aromatic heterocycles. The number of carbonyl (C=O) groups excluding carboxylic acids is 2. The number of rotatable bonds is 3. The monoisotopic (exact) mass is 245 g/mol. The Morgan fingerprint density at radius 1 is 1.47 bits per heavy atom. The highest BCUT2D eigenvalue weighted by Crippen LogP contribution is 2.44. The zero-order valence-corrected chi connectivity index (χ0v) is 10.6. The highest BCUT2D eigenvalue weighted by atomic mass is 16.6. The zero-order chi connectivity index (χ0) is 13.3. The molecule has 0 heterocycles. The van der Waals surface area contributed by atoms with E-state index in [1.54, 1.807) is 20.8 Å². The van der Waals surface area contributed by atoms with Gasteiger partial charge >= 0.3 is 12.1 Å². The van der Waals surface area contributed by atoms with Gasteiger partial charge in [0, 0.05) is 12.5 Å². The Bertz CT molecular complexity index is 322. The van der Waals surface area contributed by atoms with Crippen LogP contribution in [0.5, 0.6) is 0 Å². The minimum atomic E-state index is -1.12. The van der Waals surface area contributed by atoms with E-state index in [0.29, 0.717) is 6.42 Å². The molecule has 1 rings (SSSR count). The number of aliphatic hydroxyl groups is 1. The van der Waals surface area contributed by atoms with Crippen LogP contribution < -0.4 is 5.32 Å². The number of nitrogens with one attached hydrogen (secondary N) is 1. The summed E-state index contributed by atoms with van der Waals surface area (Å²) in [5.74, 6) is -0.857. The molecule has 6 nitrogen and oxygen atoms in total. The molecular weight excluding hydrogens is 226 g/mol. The molecule has 0 bridgehead atoms. The second kappa shape index (κ2) is 4.52. The summed E-state index contributed by atoms with van der Waals surface area (Å²) >= 11 is 0. The van der Waals surface area contributed by atoms with Gasteiger partial charge in [-0.05, 0) is 27.2 Å². The van der Waals surface area contributed by atoms with Crippen LogP contribution in [0.15, 0.2) is 0 Å². The lowest BCUT2D eigenvalue weighted by molar-refractivity contribution is -0.145. The van der Waals surface area contributed by atoms with E-state index in [9.17, 15) is 9.59 Å². The van der Waals surface area contributed by atoms with Crippen molar-refractivity contribution in [2.24, 2.45) is 5.92 Å². The van der Waals surface area contributed by atoms with Gasteiger partial charge in [-0.15, -0.1) is 0 Å². The third-order valence-electron chi connectivity index (χ3n) is 2.60. The molecule has 1 fully saturated rings. The Morgan fingerprint density at radius 3 is 2.41 bits per heavy atom. The molecule has 2 N–H and O–H groups in total. The van der Waals surface area contributed by atoms with Gasteiger partial charge in [-0.2, -0.15) is 0 Å². The van der Waals surface area contributed by atoms with Crippen molar-refractivity contribution in [3.05, 3.63) is 0 Å². The van der Waals surface area contributed by atoms with Crippen molar-refractivity contribution in [2.45, 2.75) is 38.3 Å². The van der Waals surface area contributed by atoms with Crippen molar-refractivity contribution >= 4 is 12.1 Å². The minimum absolute atomic E-state index is 0.176. The largest absolute Gasteiger partial charge is 0.467 e. The van der Waals surface area contributed by atoms with E-state index in [4.69, 9.17) is 9.84 Å². The minimum Gasteiger partial charge on any atom is -0.467 e. The lowest BCUT2D eigenvalue weighted by Gasteiger charge is -2.22. The van der Waals surface area contributed by atoms with E-state index in [1.807, 2.05) is 0 Å². The lowest BCUT2D eigenvalue weighted by atomic mass is 10.2. The van der Waals surface area contributed by atoms with Gasteiger partial charge in [0.15, 0.2) is 0 Å². The molecule has 1 amide bonds. The summed E-state index contributed by atoms with van der Waals surface area (Å²) in [6.45, 7) is 5.01. The number of methoxy groups -OCH3 is 1. The van der Waals surface area contributed by atoms with Gasteiger partial charge in [-0.1, -0.05) is 0 Å². The number of amides is 1. The SMILES string of the molecule is COC(=O)[C@]1(NC(=O)OC(C)(C)C)C[C@H]1CO. The summed E-state index contributed by atoms with van der Waals surface area (Å²) in [7, 11) is 1.24. The van der Waals surface area contributed by atoms with Crippen molar-refractivity contribution in [3.63, 3.8) is 0 Å². The number of alkyl carbamates (subject to hydrolysis) is 1. The Labute approximate surface area is 100 Å². The first-order valence-corrected chi connectivity index (χ1v) is 5.45. The number of ether oxygens (including phenoxy) is 2. The van der Waals surface area contributed by atoms with Gasteiger partial charge in [0.25, 0.3) is 0 Å². The summed E-state index contributed by atoms with van der Waals surface area (Å²) in [4.78, 5) is 23.1.